The Kier molecular flexibility index (Phi) is 3.04. The average molecular weight is 214 g/mol. The summed E-state index contributed by atoms with van der Waals surface area (Å²) in [6, 6.07) is 7.86. The van der Waals surface area contributed by atoms with Crippen molar-refractivity contribution in [3.8, 4) is 0 Å². The van der Waals surface area contributed by atoms with Crippen LogP contribution >= 0.6 is 15.9 Å². The molecule has 4 heteroatoms. The maximum absolute atomic E-state index is 4.86. The molecule has 0 radical (unpaired) electrons. The van der Waals surface area contributed by atoms with E-state index in [0.29, 0.717) is 6.54 Å². The van der Waals surface area contributed by atoms with Crippen molar-refractivity contribution in [2.24, 2.45) is 16.2 Å². The molecule has 0 saturated heterocycles. The van der Waals surface area contributed by atoms with Gasteiger partial charge in [0.25, 0.3) is 0 Å². The molecule has 3 nitrogen and oxygen atoms in total. The van der Waals surface area contributed by atoms with Gasteiger partial charge in [0.1, 0.15) is 0 Å². The van der Waals surface area contributed by atoms with Crippen molar-refractivity contribution >= 4 is 15.9 Å². The molecular formula is C7H8BrN3. The quantitative estimate of drug-likeness (QED) is 0.458. The highest BCUT2D eigenvalue weighted by Gasteiger charge is 1.89. The fourth-order valence-corrected chi connectivity index (χ4v) is 0.977. The van der Waals surface area contributed by atoms with Gasteiger partial charge in [0.05, 0.1) is 6.54 Å². The van der Waals surface area contributed by atoms with Crippen molar-refractivity contribution in [3.63, 3.8) is 0 Å². The number of benzene rings is 1. The van der Waals surface area contributed by atoms with Crippen LogP contribution in [0.1, 0.15) is 5.56 Å². The molecule has 2 N–H and O–H groups in total. The molecule has 58 valence electrons. The number of nitrogens with zero attached hydrogens (tertiary/aromatic N) is 2. The van der Waals surface area contributed by atoms with Gasteiger partial charge in [0, 0.05) is 4.47 Å². The van der Waals surface area contributed by atoms with E-state index in [1.54, 1.807) is 0 Å². The van der Waals surface area contributed by atoms with Gasteiger partial charge in [-0.15, -0.1) is 0 Å². The fraction of sp³-hybridized carbons (Fsp3) is 0.143. The van der Waals surface area contributed by atoms with Gasteiger partial charge in [-0.25, -0.2) is 0 Å². The van der Waals surface area contributed by atoms with Crippen molar-refractivity contribution < 1.29 is 0 Å². The highest BCUT2D eigenvalue weighted by atomic mass is 79.9. The summed E-state index contributed by atoms with van der Waals surface area (Å²) in [5.74, 6) is 4.86. The van der Waals surface area contributed by atoms with E-state index in [1.807, 2.05) is 24.3 Å². The molecule has 0 aliphatic carbocycles. The summed E-state index contributed by atoms with van der Waals surface area (Å²) in [4.78, 5) is 0. The molecule has 1 aromatic carbocycles. The maximum atomic E-state index is 4.86. The molecule has 0 heterocycles. The average Bonchev–Trinajstić information content (AvgIpc) is 2.04. The molecule has 0 unspecified atom stereocenters. The first-order chi connectivity index (χ1) is 5.33. The van der Waals surface area contributed by atoms with Crippen LogP contribution in [-0.2, 0) is 6.54 Å². The lowest BCUT2D eigenvalue weighted by molar-refractivity contribution is 0.893. The largest absolute Gasteiger partial charge is 0.305 e. The molecule has 0 aliphatic rings. The number of nitrogens with two attached hydrogens (primary N) is 1. The molecule has 0 saturated carbocycles. The van der Waals surface area contributed by atoms with Crippen molar-refractivity contribution in [2.45, 2.75) is 6.54 Å². The van der Waals surface area contributed by atoms with Crippen LogP contribution in [-0.4, -0.2) is 0 Å². The lowest BCUT2D eigenvalue weighted by Crippen LogP contribution is -1.81. The van der Waals surface area contributed by atoms with E-state index in [9.17, 15) is 0 Å². The van der Waals surface area contributed by atoms with Gasteiger partial charge in [-0.1, -0.05) is 33.3 Å². The zero-order valence-corrected chi connectivity index (χ0v) is 7.45. The SMILES string of the molecule is NN=NCc1ccc(Br)cc1. The van der Waals surface area contributed by atoms with Crippen LogP contribution in [0.5, 0.6) is 0 Å². The molecule has 0 amide bonds. The summed E-state index contributed by atoms with van der Waals surface area (Å²) in [6.45, 7) is 0.545. The first kappa shape index (κ1) is 8.20. The summed E-state index contributed by atoms with van der Waals surface area (Å²) in [6.07, 6.45) is 0. The van der Waals surface area contributed by atoms with E-state index in [0.717, 1.165) is 10.0 Å². The minimum absolute atomic E-state index is 0.545. The number of hydrogen-bond donors (Lipinski definition) is 1. The minimum atomic E-state index is 0.545. The van der Waals surface area contributed by atoms with E-state index in [1.165, 1.54) is 0 Å². The van der Waals surface area contributed by atoms with E-state index in [2.05, 4.69) is 26.3 Å². The van der Waals surface area contributed by atoms with E-state index < -0.39 is 0 Å². The molecule has 0 aromatic heterocycles. The summed E-state index contributed by atoms with van der Waals surface area (Å²) >= 11 is 3.33. The fourth-order valence-electron chi connectivity index (χ4n) is 0.712. The van der Waals surface area contributed by atoms with Crippen molar-refractivity contribution in [3.05, 3.63) is 34.3 Å². The number of halogens is 1. The Morgan fingerprint density at radius 3 is 2.45 bits per heavy atom. The second kappa shape index (κ2) is 4.08. The molecule has 0 bridgehead atoms. The van der Waals surface area contributed by atoms with Crippen LogP contribution < -0.4 is 5.84 Å². The highest BCUT2D eigenvalue weighted by molar-refractivity contribution is 9.10. The van der Waals surface area contributed by atoms with Crippen LogP contribution in [0.3, 0.4) is 0 Å². The van der Waals surface area contributed by atoms with E-state index in [4.69, 9.17) is 5.84 Å². The van der Waals surface area contributed by atoms with Gasteiger partial charge in [0.15, 0.2) is 0 Å². The van der Waals surface area contributed by atoms with Gasteiger partial charge in [0.2, 0.25) is 0 Å². The van der Waals surface area contributed by atoms with E-state index >= 15 is 0 Å². The minimum Gasteiger partial charge on any atom is -0.305 e. The highest BCUT2D eigenvalue weighted by Crippen LogP contribution is 2.10. The Hall–Kier alpha value is -0.900. The van der Waals surface area contributed by atoms with Gasteiger partial charge in [-0.3, -0.25) is 0 Å². The first-order valence-corrected chi connectivity index (χ1v) is 3.93. The Bertz CT molecular complexity index is 242. The first-order valence-electron chi connectivity index (χ1n) is 3.14. The molecule has 11 heavy (non-hydrogen) atoms. The zero-order chi connectivity index (χ0) is 8.10. The monoisotopic (exact) mass is 213 g/mol. The second-order valence-electron chi connectivity index (χ2n) is 2.04. The summed E-state index contributed by atoms with van der Waals surface area (Å²) in [5, 5.41) is 6.83. The van der Waals surface area contributed by atoms with Crippen LogP contribution in [0.25, 0.3) is 0 Å². The topological polar surface area (TPSA) is 50.7 Å². The van der Waals surface area contributed by atoms with Crippen LogP contribution in [0.2, 0.25) is 0 Å². The smallest absolute Gasteiger partial charge is 0.0870 e. The third-order valence-corrected chi connectivity index (χ3v) is 1.78. The maximum Gasteiger partial charge on any atom is 0.0870 e. The molecular weight excluding hydrogens is 206 g/mol. The third kappa shape index (κ3) is 2.67. The van der Waals surface area contributed by atoms with Crippen molar-refractivity contribution in [1.29, 1.82) is 0 Å². The number of hydrogen-bond acceptors (Lipinski definition) is 2. The predicted molar refractivity (Wildman–Crippen MR) is 46.9 cm³/mol. The molecule has 1 aromatic rings. The molecule has 0 atom stereocenters. The third-order valence-electron chi connectivity index (χ3n) is 1.25. The lowest BCUT2D eigenvalue weighted by Gasteiger charge is -1.93. The Labute approximate surface area is 73.4 Å². The van der Waals surface area contributed by atoms with Crippen molar-refractivity contribution in [2.75, 3.05) is 0 Å². The standard InChI is InChI=1S/C7H8BrN3/c8-7-3-1-6(2-4-7)5-10-11-9/h1-4H,5H2,(H2,9,10). The van der Waals surface area contributed by atoms with Gasteiger partial charge in [-0.05, 0) is 17.7 Å². The molecule has 0 fully saturated rings. The Morgan fingerprint density at radius 2 is 1.91 bits per heavy atom. The molecule has 1 rings (SSSR count). The summed E-state index contributed by atoms with van der Waals surface area (Å²) < 4.78 is 1.06. The predicted octanol–water partition coefficient (Wildman–Crippen LogP) is 2.28. The number of rotatable bonds is 2. The van der Waals surface area contributed by atoms with Crippen molar-refractivity contribution in [1.82, 2.24) is 0 Å². The second-order valence-corrected chi connectivity index (χ2v) is 2.96. The lowest BCUT2D eigenvalue weighted by atomic mass is 10.2. The van der Waals surface area contributed by atoms with Crippen LogP contribution in [0.15, 0.2) is 39.1 Å². The Morgan fingerprint density at radius 1 is 1.27 bits per heavy atom. The zero-order valence-electron chi connectivity index (χ0n) is 5.87. The Balaban J connectivity index is 2.66. The van der Waals surface area contributed by atoms with Crippen LogP contribution in [0, 0.1) is 0 Å². The van der Waals surface area contributed by atoms with Crippen LogP contribution in [0.4, 0.5) is 0 Å². The molecule has 0 aliphatic heterocycles. The van der Waals surface area contributed by atoms with Gasteiger partial charge >= 0.3 is 0 Å². The van der Waals surface area contributed by atoms with E-state index in [-0.39, 0.29) is 0 Å². The summed E-state index contributed by atoms with van der Waals surface area (Å²) in [7, 11) is 0. The molecule has 0 spiro atoms. The normalized spacial score (nSPS) is 10.6. The summed E-state index contributed by atoms with van der Waals surface area (Å²) in [5.41, 5.74) is 1.10. The van der Waals surface area contributed by atoms with Gasteiger partial charge < -0.3 is 5.84 Å². The van der Waals surface area contributed by atoms with Gasteiger partial charge in [-0.2, -0.15) is 5.11 Å².